The third-order valence-electron chi connectivity index (χ3n) is 2.82. The molecule has 2 atom stereocenters. The Kier molecular flexibility index (Phi) is 2.77. The Morgan fingerprint density at radius 3 is 2.79 bits per heavy atom. The molecule has 14 heavy (non-hydrogen) atoms. The van der Waals surface area contributed by atoms with E-state index in [2.05, 4.69) is 18.0 Å². The molecule has 2 nitrogen and oxygen atoms in total. The second kappa shape index (κ2) is 3.89. The molecule has 3 heteroatoms. The molecule has 1 aromatic rings. The summed E-state index contributed by atoms with van der Waals surface area (Å²) in [5, 5.41) is 0.796. The maximum absolute atomic E-state index is 6.07. The Hall–Kier alpha value is -0.570. The van der Waals surface area contributed by atoms with E-state index in [4.69, 9.17) is 17.3 Å². The zero-order valence-corrected chi connectivity index (χ0v) is 9.04. The van der Waals surface area contributed by atoms with Crippen LogP contribution in [0.3, 0.4) is 0 Å². The minimum Gasteiger partial charge on any atom is -0.326 e. The van der Waals surface area contributed by atoms with Crippen LogP contribution in [-0.4, -0.2) is 31.1 Å². The Balaban J connectivity index is 2.23. The standard InChI is InChI=1S/C11H15ClN2/c1-14-6-10(11(13)7-14)8-3-2-4-9(12)5-8/h2-5,10-11H,6-7,13H2,1H3/t10-,11+/m0/s1. The number of halogens is 1. The Labute approximate surface area is 89.7 Å². The highest BCUT2D eigenvalue weighted by Gasteiger charge is 2.28. The molecule has 0 saturated carbocycles. The highest BCUT2D eigenvalue weighted by molar-refractivity contribution is 6.30. The van der Waals surface area contributed by atoms with Crippen LogP contribution in [0.4, 0.5) is 0 Å². The molecule has 76 valence electrons. The number of hydrogen-bond donors (Lipinski definition) is 1. The van der Waals surface area contributed by atoms with E-state index in [0.29, 0.717) is 5.92 Å². The lowest BCUT2D eigenvalue weighted by molar-refractivity contribution is 0.407. The number of likely N-dealkylation sites (N-methyl/N-ethyl adjacent to an activating group) is 1. The van der Waals surface area contributed by atoms with Crippen LogP contribution in [-0.2, 0) is 0 Å². The van der Waals surface area contributed by atoms with Crippen molar-refractivity contribution in [2.24, 2.45) is 5.73 Å². The van der Waals surface area contributed by atoms with Gasteiger partial charge in [0.2, 0.25) is 0 Å². The van der Waals surface area contributed by atoms with E-state index >= 15 is 0 Å². The summed E-state index contributed by atoms with van der Waals surface area (Å²) in [6.45, 7) is 2.00. The quantitative estimate of drug-likeness (QED) is 0.765. The summed E-state index contributed by atoms with van der Waals surface area (Å²) in [5.41, 5.74) is 7.33. The minimum atomic E-state index is 0.235. The van der Waals surface area contributed by atoms with Gasteiger partial charge in [-0.2, -0.15) is 0 Å². The number of rotatable bonds is 1. The van der Waals surface area contributed by atoms with Gasteiger partial charge in [0.15, 0.2) is 0 Å². The van der Waals surface area contributed by atoms with Crippen LogP contribution in [0.5, 0.6) is 0 Å². The van der Waals surface area contributed by atoms with Crippen molar-refractivity contribution in [3.8, 4) is 0 Å². The average molecular weight is 211 g/mol. The molecule has 1 aliphatic heterocycles. The number of hydrogen-bond acceptors (Lipinski definition) is 2. The van der Waals surface area contributed by atoms with E-state index in [1.54, 1.807) is 0 Å². The third-order valence-corrected chi connectivity index (χ3v) is 3.06. The van der Waals surface area contributed by atoms with Crippen LogP contribution in [0, 0.1) is 0 Å². The molecule has 2 rings (SSSR count). The van der Waals surface area contributed by atoms with Crippen LogP contribution in [0.25, 0.3) is 0 Å². The van der Waals surface area contributed by atoms with Crippen molar-refractivity contribution in [1.82, 2.24) is 4.90 Å². The maximum atomic E-state index is 6.07. The van der Waals surface area contributed by atoms with Gasteiger partial charge in [-0.3, -0.25) is 0 Å². The van der Waals surface area contributed by atoms with Crippen molar-refractivity contribution < 1.29 is 0 Å². The molecular formula is C11H15ClN2. The Morgan fingerprint density at radius 1 is 1.43 bits per heavy atom. The maximum Gasteiger partial charge on any atom is 0.0408 e. The zero-order valence-electron chi connectivity index (χ0n) is 8.28. The van der Waals surface area contributed by atoms with E-state index in [9.17, 15) is 0 Å². The lowest BCUT2D eigenvalue weighted by Crippen LogP contribution is -2.27. The normalized spacial score (nSPS) is 28.2. The first-order chi connectivity index (χ1) is 6.66. The number of nitrogens with zero attached hydrogens (tertiary/aromatic N) is 1. The Bertz CT molecular complexity index is 327. The molecule has 1 fully saturated rings. The molecule has 0 unspecified atom stereocenters. The first kappa shape index (κ1) is 9.97. The molecular weight excluding hydrogens is 196 g/mol. The highest BCUT2D eigenvalue weighted by atomic mass is 35.5. The van der Waals surface area contributed by atoms with Crippen LogP contribution in [0.15, 0.2) is 24.3 Å². The lowest BCUT2D eigenvalue weighted by Gasteiger charge is -2.14. The fourth-order valence-electron chi connectivity index (χ4n) is 2.12. The smallest absolute Gasteiger partial charge is 0.0408 e. The second-order valence-corrected chi connectivity index (χ2v) is 4.48. The van der Waals surface area contributed by atoms with E-state index in [1.165, 1.54) is 5.56 Å². The Morgan fingerprint density at radius 2 is 2.21 bits per heavy atom. The lowest BCUT2D eigenvalue weighted by atomic mass is 9.95. The first-order valence-electron chi connectivity index (χ1n) is 4.86. The number of benzene rings is 1. The largest absolute Gasteiger partial charge is 0.326 e. The van der Waals surface area contributed by atoms with Crippen molar-refractivity contribution in [3.63, 3.8) is 0 Å². The van der Waals surface area contributed by atoms with Gasteiger partial charge >= 0.3 is 0 Å². The summed E-state index contributed by atoms with van der Waals surface area (Å²) in [4.78, 5) is 2.26. The molecule has 0 aliphatic carbocycles. The van der Waals surface area contributed by atoms with E-state index < -0.39 is 0 Å². The predicted octanol–water partition coefficient (Wildman–Crippen LogP) is 1.70. The molecule has 1 saturated heterocycles. The zero-order chi connectivity index (χ0) is 10.1. The molecule has 1 heterocycles. The van der Waals surface area contributed by atoms with Crippen molar-refractivity contribution in [2.45, 2.75) is 12.0 Å². The van der Waals surface area contributed by atoms with Crippen LogP contribution in [0.2, 0.25) is 5.02 Å². The van der Waals surface area contributed by atoms with Gasteiger partial charge in [-0.05, 0) is 24.7 Å². The number of nitrogens with two attached hydrogens (primary N) is 1. The topological polar surface area (TPSA) is 29.3 Å². The molecule has 0 aromatic heterocycles. The molecule has 1 aromatic carbocycles. The number of likely N-dealkylation sites (tertiary alicyclic amines) is 1. The average Bonchev–Trinajstić information content (AvgIpc) is 2.45. The van der Waals surface area contributed by atoms with Crippen molar-refractivity contribution in [2.75, 3.05) is 20.1 Å². The monoisotopic (exact) mass is 210 g/mol. The fraction of sp³-hybridized carbons (Fsp3) is 0.455. The summed E-state index contributed by atoms with van der Waals surface area (Å²) in [7, 11) is 2.10. The van der Waals surface area contributed by atoms with Gasteiger partial charge in [0.1, 0.15) is 0 Å². The van der Waals surface area contributed by atoms with Crippen LogP contribution >= 0.6 is 11.6 Å². The van der Waals surface area contributed by atoms with Gasteiger partial charge in [-0.15, -0.1) is 0 Å². The van der Waals surface area contributed by atoms with Gasteiger partial charge in [-0.1, -0.05) is 23.7 Å². The molecule has 2 N–H and O–H groups in total. The highest BCUT2D eigenvalue weighted by Crippen LogP contribution is 2.27. The predicted molar refractivity (Wildman–Crippen MR) is 59.7 cm³/mol. The molecule has 0 amide bonds. The van der Waals surface area contributed by atoms with E-state index in [-0.39, 0.29) is 6.04 Å². The molecule has 0 bridgehead atoms. The summed E-state index contributed by atoms with van der Waals surface area (Å²) in [6.07, 6.45) is 0. The second-order valence-electron chi connectivity index (χ2n) is 4.05. The summed E-state index contributed by atoms with van der Waals surface area (Å²) >= 11 is 5.95. The van der Waals surface area contributed by atoms with Gasteiger partial charge in [0.05, 0.1) is 0 Å². The summed E-state index contributed by atoms with van der Waals surface area (Å²) < 4.78 is 0. The molecule has 1 aliphatic rings. The van der Waals surface area contributed by atoms with Crippen molar-refractivity contribution in [1.29, 1.82) is 0 Å². The van der Waals surface area contributed by atoms with Gasteiger partial charge in [0, 0.05) is 30.1 Å². The van der Waals surface area contributed by atoms with E-state index in [0.717, 1.165) is 18.1 Å². The molecule has 0 radical (unpaired) electrons. The van der Waals surface area contributed by atoms with Crippen LogP contribution in [0.1, 0.15) is 11.5 Å². The summed E-state index contributed by atoms with van der Waals surface area (Å²) in [5.74, 6) is 0.429. The third kappa shape index (κ3) is 1.92. The molecule has 0 spiro atoms. The first-order valence-corrected chi connectivity index (χ1v) is 5.24. The van der Waals surface area contributed by atoms with Crippen molar-refractivity contribution in [3.05, 3.63) is 34.9 Å². The minimum absolute atomic E-state index is 0.235. The van der Waals surface area contributed by atoms with Crippen molar-refractivity contribution >= 4 is 11.6 Å². The fourth-order valence-corrected chi connectivity index (χ4v) is 2.32. The SMILES string of the molecule is CN1C[C@@H](N)[C@H](c2cccc(Cl)c2)C1. The van der Waals surface area contributed by atoms with Crippen LogP contribution < -0.4 is 5.73 Å². The van der Waals surface area contributed by atoms with Gasteiger partial charge in [0.25, 0.3) is 0 Å². The van der Waals surface area contributed by atoms with Gasteiger partial charge in [-0.25, -0.2) is 0 Å². The van der Waals surface area contributed by atoms with Gasteiger partial charge < -0.3 is 10.6 Å². The summed E-state index contributed by atoms with van der Waals surface area (Å²) in [6, 6.07) is 8.25. The van der Waals surface area contributed by atoms with E-state index in [1.807, 2.05) is 18.2 Å².